The van der Waals surface area contributed by atoms with E-state index in [1.165, 1.54) is 10.4 Å². The Morgan fingerprint density at radius 1 is 1.10 bits per heavy atom. The average molecular weight is 420 g/mol. The van der Waals surface area contributed by atoms with Gasteiger partial charge in [-0.1, -0.05) is 23.5 Å². The zero-order chi connectivity index (χ0) is 19.9. The van der Waals surface area contributed by atoms with Crippen LogP contribution in [0.4, 0.5) is 10.9 Å². The number of anilines is 2. The molecule has 152 valence electrons. The summed E-state index contributed by atoms with van der Waals surface area (Å²) in [6, 6.07) is 8.60. The van der Waals surface area contributed by atoms with Crippen molar-refractivity contribution in [2.75, 3.05) is 16.8 Å². The molecule has 0 radical (unpaired) electrons. The first kappa shape index (κ1) is 17.6. The molecule has 0 atom stereocenters. The van der Waals surface area contributed by atoms with Crippen molar-refractivity contribution >= 4 is 32.5 Å². The Morgan fingerprint density at radius 3 is 2.93 bits per heavy atom. The van der Waals surface area contributed by atoms with Crippen molar-refractivity contribution in [3.8, 4) is 5.88 Å². The molecule has 30 heavy (non-hydrogen) atoms. The van der Waals surface area contributed by atoms with Crippen LogP contribution in [0, 0.1) is 0 Å². The van der Waals surface area contributed by atoms with Crippen molar-refractivity contribution < 1.29 is 4.74 Å². The molecule has 6 rings (SSSR count). The van der Waals surface area contributed by atoms with Gasteiger partial charge in [-0.15, -0.1) is 0 Å². The van der Waals surface area contributed by atoms with E-state index < -0.39 is 0 Å². The number of para-hydroxylation sites is 1. The number of thiazole rings is 1. The van der Waals surface area contributed by atoms with Gasteiger partial charge in [-0.25, -0.2) is 19.9 Å². The lowest BCUT2D eigenvalue weighted by Crippen LogP contribution is -2.43. The number of ether oxygens (including phenoxy) is 1. The molecule has 4 aromatic rings. The molecule has 0 unspecified atom stereocenters. The van der Waals surface area contributed by atoms with Crippen molar-refractivity contribution in [2.45, 2.75) is 38.1 Å². The van der Waals surface area contributed by atoms with E-state index in [1.807, 2.05) is 30.7 Å². The molecule has 1 aliphatic heterocycles. The van der Waals surface area contributed by atoms with E-state index in [1.54, 1.807) is 23.7 Å². The van der Waals surface area contributed by atoms with Gasteiger partial charge in [-0.05, 0) is 12.1 Å². The number of rotatable bonds is 5. The highest BCUT2D eigenvalue weighted by Gasteiger charge is 2.33. The fourth-order valence-corrected chi connectivity index (χ4v) is 4.97. The highest BCUT2D eigenvalue weighted by molar-refractivity contribution is 7.22. The lowest BCUT2D eigenvalue weighted by atomic mass is 9.89. The lowest BCUT2D eigenvalue weighted by molar-refractivity contribution is 0.103. The summed E-state index contributed by atoms with van der Waals surface area (Å²) in [7, 11) is 0. The largest absolute Gasteiger partial charge is 0.472 e. The standard InChI is InChI=1S/C21H21N7OS/c1-2-4-18-17(3-1)26-21(30-18)25-14-9-16(10-14)29-20-19(23-5-6-24-20)27-7-8-28-13-22-11-15(28)12-27/h1-6,11,13-14,16H,7-10,12H2,(H,25,26)/t14-,16+. The van der Waals surface area contributed by atoms with Gasteiger partial charge in [0.25, 0.3) is 5.88 Å². The number of hydrogen-bond acceptors (Lipinski definition) is 8. The Hall–Kier alpha value is -3.20. The van der Waals surface area contributed by atoms with E-state index in [-0.39, 0.29) is 6.10 Å². The van der Waals surface area contributed by atoms with E-state index >= 15 is 0 Å². The molecule has 0 bridgehead atoms. The van der Waals surface area contributed by atoms with Crippen LogP contribution in [0.25, 0.3) is 10.2 Å². The molecule has 8 nitrogen and oxygen atoms in total. The maximum Gasteiger partial charge on any atom is 0.257 e. The Balaban J connectivity index is 1.10. The van der Waals surface area contributed by atoms with Crippen molar-refractivity contribution in [1.29, 1.82) is 0 Å². The summed E-state index contributed by atoms with van der Waals surface area (Å²) >= 11 is 1.70. The van der Waals surface area contributed by atoms with Crippen LogP contribution in [-0.4, -0.2) is 43.2 Å². The number of aromatic nitrogens is 5. The van der Waals surface area contributed by atoms with Crippen molar-refractivity contribution in [3.63, 3.8) is 0 Å². The van der Waals surface area contributed by atoms with Crippen LogP contribution in [0.5, 0.6) is 5.88 Å². The van der Waals surface area contributed by atoms with Gasteiger partial charge in [0.1, 0.15) is 6.10 Å². The molecule has 4 heterocycles. The van der Waals surface area contributed by atoms with Gasteiger partial charge in [-0.3, -0.25) is 0 Å². The minimum Gasteiger partial charge on any atom is -0.472 e. The van der Waals surface area contributed by atoms with Crippen molar-refractivity contribution in [3.05, 3.63) is 54.9 Å². The van der Waals surface area contributed by atoms with E-state index in [0.29, 0.717) is 11.9 Å². The minimum absolute atomic E-state index is 0.141. The molecular weight excluding hydrogens is 398 g/mol. The molecule has 0 spiro atoms. The molecule has 1 saturated carbocycles. The van der Waals surface area contributed by atoms with Gasteiger partial charge >= 0.3 is 0 Å². The van der Waals surface area contributed by atoms with E-state index in [2.05, 4.69) is 40.8 Å². The van der Waals surface area contributed by atoms with Crippen molar-refractivity contribution in [2.24, 2.45) is 0 Å². The van der Waals surface area contributed by atoms with Crippen LogP contribution in [-0.2, 0) is 13.1 Å². The van der Waals surface area contributed by atoms with E-state index in [4.69, 9.17) is 4.74 Å². The Labute approximate surface area is 177 Å². The second-order valence-electron chi connectivity index (χ2n) is 7.72. The van der Waals surface area contributed by atoms with Gasteiger partial charge in [0.2, 0.25) is 0 Å². The maximum absolute atomic E-state index is 6.24. The fraction of sp³-hybridized carbons (Fsp3) is 0.333. The second-order valence-corrected chi connectivity index (χ2v) is 8.75. The molecule has 2 aliphatic rings. The summed E-state index contributed by atoms with van der Waals surface area (Å²) in [5.41, 5.74) is 2.23. The number of hydrogen-bond donors (Lipinski definition) is 1. The van der Waals surface area contributed by atoms with Crippen LogP contribution in [0.1, 0.15) is 18.5 Å². The molecule has 1 aliphatic carbocycles. The molecule has 9 heteroatoms. The number of fused-ring (bicyclic) bond motifs is 2. The Kier molecular flexibility index (Phi) is 4.26. The topological polar surface area (TPSA) is 81.0 Å². The summed E-state index contributed by atoms with van der Waals surface area (Å²) in [6.45, 7) is 2.52. The fourth-order valence-electron chi connectivity index (χ4n) is 4.03. The summed E-state index contributed by atoms with van der Waals surface area (Å²) in [6.07, 6.45) is 9.22. The Bertz CT molecular complexity index is 1150. The molecule has 1 fully saturated rings. The van der Waals surface area contributed by atoms with Gasteiger partial charge < -0.3 is 19.5 Å². The third-order valence-corrected chi connectivity index (χ3v) is 6.67. The molecule has 3 aromatic heterocycles. The third-order valence-electron chi connectivity index (χ3n) is 5.70. The monoisotopic (exact) mass is 419 g/mol. The van der Waals surface area contributed by atoms with Crippen LogP contribution < -0.4 is 15.0 Å². The van der Waals surface area contributed by atoms with Gasteiger partial charge in [0.15, 0.2) is 10.9 Å². The summed E-state index contributed by atoms with van der Waals surface area (Å²) in [5.74, 6) is 1.43. The van der Waals surface area contributed by atoms with Crippen LogP contribution in [0.3, 0.4) is 0 Å². The smallest absolute Gasteiger partial charge is 0.257 e. The van der Waals surface area contributed by atoms with Crippen LogP contribution in [0.2, 0.25) is 0 Å². The highest BCUT2D eigenvalue weighted by atomic mass is 32.1. The number of imidazole rings is 1. The SMILES string of the molecule is c1ccc2sc(N[C@H]3C[C@@H](Oc4nccnc4N4CCn5cncc5C4)C3)nc2c1. The molecule has 0 amide bonds. The summed E-state index contributed by atoms with van der Waals surface area (Å²) in [4.78, 5) is 20.2. The van der Waals surface area contributed by atoms with Crippen molar-refractivity contribution in [1.82, 2.24) is 24.5 Å². The predicted octanol–water partition coefficient (Wildman–Crippen LogP) is 3.32. The van der Waals surface area contributed by atoms with Crippen LogP contribution in [0.15, 0.2) is 49.2 Å². The zero-order valence-electron chi connectivity index (χ0n) is 16.3. The lowest BCUT2D eigenvalue weighted by Gasteiger charge is -2.36. The molecule has 1 N–H and O–H groups in total. The second kappa shape index (κ2) is 7.24. The Morgan fingerprint density at radius 2 is 2.00 bits per heavy atom. The first-order chi connectivity index (χ1) is 14.8. The predicted molar refractivity (Wildman–Crippen MR) is 116 cm³/mol. The van der Waals surface area contributed by atoms with E-state index in [9.17, 15) is 0 Å². The maximum atomic E-state index is 6.24. The zero-order valence-corrected chi connectivity index (χ0v) is 17.1. The number of benzene rings is 1. The average Bonchev–Trinajstić information content (AvgIpc) is 3.38. The molecule has 0 saturated heterocycles. The first-order valence-electron chi connectivity index (χ1n) is 10.2. The highest BCUT2D eigenvalue weighted by Crippen LogP contribution is 2.34. The van der Waals surface area contributed by atoms with Gasteiger partial charge in [-0.2, -0.15) is 0 Å². The van der Waals surface area contributed by atoms with Gasteiger partial charge in [0, 0.05) is 50.6 Å². The van der Waals surface area contributed by atoms with E-state index in [0.717, 1.165) is 48.9 Å². The third kappa shape index (κ3) is 3.24. The summed E-state index contributed by atoms with van der Waals surface area (Å²) in [5, 5.41) is 4.52. The number of nitrogens with zero attached hydrogens (tertiary/aromatic N) is 6. The quantitative estimate of drug-likeness (QED) is 0.531. The first-order valence-corrected chi connectivity index (χ1v) is 11.0. The minimum atomic E-state index is 0.141. The molecule has 1 aromatic carbocycles. The van der Waals surface area contributed by atoms with Gasteiger partial charge in [0.05, 0.1) is 28.8 Å². The summed E-state index contributed by atoms with van der Waals surface area (Å²) < 4.78 is 9.62. The molecular formula is C21H21N7OS. The number of nitrogens with one attached hydrogen (secondary N) is 1. The van der Waals surface area contributed by atoms with Crippen LogP contribution >= 0.6 is 11.3 Å². The normalized spacial score (nSPS) is 20.6.